The third-order valence-corrected chi connectivity index (χ3v) is 3.13. The van der Waals surface area contributed by atoms with Gasteiger partial charge in [0.15, 0.2) is 0 Å². The number of carbonyl (C=O) groups excluding carboxylic acids is 2. The summed E-state index contributed by atoms with van der Waals surface area (Å²) >= 11 is 0. The average molecular weight is 228 g/mol. The summed E-state index contributed by atoms with van der Waals surface area (Å²) in [5.41, 5.74) is 0. The Morgan fingerprint density at radius 1 is 1.06 bits per heavy atom. The van der Waals surface area contributed by atoms with Crippen LogP contribution in [0.15, 0.2) is 0 Å². The molecule has 0 aliphatic heterocycles. The van der Waals surface area contributed by atoms with E-state index >= 15 is 0 Å². The van der Waals surface area contributed by atoms with Crippen LogP contribution in [0.4, 0.5) is 0 Å². The molecule has 0 aromatic rings. The minimum Gasteiger partial charge on any atom is -0.466 e. The summed E-state index contributed by atoms with van der Waals surface area (Å²) in [6.45, 7) is 6.25. The lowest BCUT2D eigenvalue weighted by molar-refractivity contribution is -0.160. The van der Waals surface area contributed by atoms with E-state index in [2.05, 4.69) is 0 Å². The summed E-state index contributed by atoms with van der Waals surface area (Å²) in [5, 5.41) is 0. The van der Waals surface area contributed by atoms with Gasteiger partial charge in [0.1, 0.15) is 0 Å². The van der Waals surface area contributed by atoms with Crippen LogP contribution in [0, 0.1) is 17.8 Å². The quantitative estimate of drug-likeness (QED) is 0.688. The summed E-state index contributed by atoms with van der Waals surface area (Å²) in [6.07, 6.45) is 1.61. The van der Waals surface area contributed by atoms with E-state index in [0.29, 0.717) is 13.2 Å². The van der Waals surface area contributed by atoms with Gasteiger partial charge in [0.2, 0.25) is 0 Å². The Balaban J connectivity index is 2.69. The van der Waals surface area contributed by atoms with Crippen LogP contribution in [0.2, 0.25) is 0 Å². The third-order valence-electron chi connectivity index (χ3n) is 3.13. The van der Waals surface area contributed by atoms with Crippen molar-refractivity contribution in [2.75, 3.05) is 13.2 Å². The maximum atomic E-state index is 11.7. The lowest BCUT2D eigenvalue weighted by Crippen LogP contribution is -2.31. The van der Waals surface area contributed by atoms with Gasteiger partial charge in [-0.1, -0.05) is 6.92 Å². The fraction of sp³-hybridized carbons (Fsp3) is 0.833. The highest BCUT2D eigenvalue weighted by molar-refractivity contribution is 5.83. The number of ether oxygens (including phenoxy) is 2. The van der Waals surface area contributed by atoms with Gasteiger partial charge in [-0.05, 0) is 32.6 Å². The summed E-state index contributed by atoms with van der Waals surface area (Å²) in [4.78, 5) is 23.4. The van der Waals surface area contributed by atoms with Crippen LogP contribution in [0.5, 0.6) is 0 Å². The average Bonchev–Trinajstić information content (AvgIpc) is 2.61. The second-order valence-electron chi connectivity index (χ2n) is 4.19. The van der Waals surface area contributed by atoms with Gasteiger partial charge in [-0.3, -0.25) is 9.59 Å². The van der Waals surface area contributed by atoms with Gasteiger partial charge in [0.25, 0.3) is 0 Å². The molecule has 1 rings (SSSR count). The maximum Gasteiger partial charge on any atom is 0.310 e. The zero-order chi connectivity index (χ0) is 12.1. The van der Waals surface area contributed by atoms with Crippen molar-refractivity contribution in [3.8, 4) is 0 Å². The molecule has 0 heterocycles. The van der Waals surface area contributed by atoms with Crippen molar-refractivity contribution >= 4 is 11.9 Å². The molecule has 0 aromatic heterocycles. The Bertz CT molecular complexity index is 262. The molecule has 0 saturated heterocycles. The van der Waals surface area contributed by atoms with Crippen molar-refractivity contribution in [3.05, 3.63) is 0 Å². The van der Waals surface area contributed by atoms with Gasteiger partial charge in [-0.25, -0.2) is 0 Å². The first-order valence-electron chi connectivity index (χ1n) is 5.95. The summed E-state index contributed by atoms with van der Waals surface area (Å²) in [5.74, 6) is -0.947. The molecule has 16 heavy (non-hydrogen) atoms. The van der Waals surface area contributed by atoms with Gasteiger partial charge in [0, 0.05) is 0 Å². The Kier molecular flexibility index (Phi) is 4.77. The first kappa shape index (κ1) is 13.0. The van der Waals surface area contributed by atoms with E-state index in [1.807, 2.05) is 6.92 Å². The molecule has 0 N–H and O–H groups in total. The number of esters is 2. The van der Waals surface area contributed by atoms with E-state index in [0.717, 1.165) is 12.8 Å². The molecule has 0 bridgehead atoms. The van der Waals surface area contributed by atoms with Crippen molar-refractivity contribution < 1.29 is 19.1 Å². The third kappa shape index (κ3) is 2.74. The largest absolute Gasteiger partial charge is 0.466 e. The number of rotatable bonds is 4. The summed E-state index contributed by atoms with van der Waals surface area (Å²) < 4.78 is 9.99. The Hall–Kier alpha value is -1.06. The van der Waals surface area contributed by atoms with E-state index in [9.17, 15) is 9.59 Å². The zero-order valence-electron chi connectivity index (χ0n) is 10.2. The smallest absolute Gasteiger partial charge is 0.310 e. The SMILES string of the molecule is CCOC(=O)C1CCC(C)C1C(=O)OCC. The van der Waals surface area contributed by atoms with Crippen LogP contribution in [-0.4, -0.2) is 25.2 Å². The summed E-state index contributed by atoms with van der Waals surface area (Å²) in [7, 11) is 0. The Morgan fingerprint density at radius 2 is 1.62 bits per heavy atom. The second-order valence-corrected chi connectivity index (χ2v) is 4.19. The van der Waals surface area contributed by atoms with E-state index in [1.54, 1.807) is 13.8 Å². The molecule has 92 valence electrons. The molecule has 0 spiro atoms. The fourth-order valence-electron chi connectivity index (χ4n) is 2.35. The zero-order valence-corrected chi connectivity index (χ0v) is 10.2. The molecular formula is C12H20O4. The highest BCUT2D eigenvalue weighted by Crippen LogP contribution is 2.38. The van der Waals surface area contributed by atoms with Gasteiger partial charge < -0.3 is 9.47 Å². The minimum absolute atomic E-state index is 0.202. The monoisotopic (exact) mass is 228 g/mol. The Labute approximate surface area is 96.3 Å². The predicted octanol–water partition coefficient (Wildman–Crippen LogP) is 1.77. The van der Waals surface area contributed by atoms with Gasteiger partial charge in [0.05, 0.1) is 25.0 Å². The molecule has 3 atom stereocenters. The molecule has 4 heteroatoms. The standard InChI is InChI=1S/C12H20O4/c1-4-15-11(13)9-7-6-8(3)10(9)12(14)16-5-2/h8-10H,4-7H2,1-3H3. The highest BCUT2D eigenvalue weighted by atomic mass is 16.5. The molecule has 0 aromatic carbocycles. The first-order chi connectivity index (χ1) is 7.61. The number of carbonyl (C=O) groups is 2. The Morgan fingerprint density at radius 3 is 2.19 bits per heavy atom. The van der Waals surface area contributed by atoms with Crippen LogP contribution < -0.4 is 0 Å². The van der Waals surface area contributed by atoms with Crippen LogP contribution in [0.1, 0.15) is 33.6 Å². The van der Waals surface area contributed by atoms with Gasteiger partial charge in [-0.15, -0.1) is 0 Å². The predicted molar refractivity (Wildman–Crippen MR) is 58.6 cm³/mol. The van der Waals surface area contributed by atoms with Crippen molar-refractivity contribution in [2.45, 2.75) is 33.6 Å². The van der Waals surface area contributed by atoms with E-state index in [1.165, 1.54) is 0 Å². The molecule has 1 fully saturated rings. The molecule has 1 aliphatic carbocycles. The topological polar surface area (TPSA) is 52.6 Å². The van der Waals surface area contributed by atoms with Crippen LogP contribution in [-0.2, 0) is 19.1 Å². The van der Waals surface area contributed by atoms with Crippen molar-refractivity contribution in [1.82, 2.24) is 0 Å². The summed E-state index contributed by atoms with van der Waals surface area (Å²) in [6, 6.07) is 0. The van der Waals surface area contributed by atoms with Crippen LogP contribution in [0.3, 0.4) is 0 Å². The molecule has 0 amide bonds. The van der Waals surface area contributed by atoms with Crippen LogP contribution in [0.25, 0.3) is 0 Å². The second kappa shape index (κ2) is 5.87. The van der Waals surface area contributed by atoms with Gasteiger partial charge >= 0.3 is 11.9 Å². The number of hydrogen-bond acceptors (Lipinski definition) is 4. The molecule has 0 radical (unpaired) electrons. The van der Waals surface area contributed by atoms with E-state index in [4.69, 9.17) is 9.47 Å². The van der Waals surface area contributed by atoms with Crippen molar-refractivity contribution in [1.29, 1.82) is 0 Å². The highest BCUT2D eigenvalue weighted by Gasteiger charge is 2.44. The van der Waals surface area contributed by atoms with Gasteiger partial charge in [-0.2, -0.15) is 0 Å². The normalized spacial score (nSPS) is 28.8. The lowest BCUT2D eigenvalue weighted by atomic mass is 9.90. The van der Waals surface area contributed by atoms with Crippen molar-refractivity contribution in [3.63, 3.8) is 0 Å². The van der Waals surface area contributed by atoms with Crippen LogP contribution >= 0.6 is 0 Å². The maximum absolute atomic E-state index is 11.7. The fourth-order valence-corrected chi connectivity index (χ4v) is 2.35. The number of hydrogen-bond donors (Lipinski definition) is 0. The molecule has 4 nitrogen and oxygen atoms in total. The minimum atomic E-state index is -0.320. The van der Waals surface area contributed by atoms with E-state index in [-0.39, 0.29) is 29.7 Å². The molecular weight excluding hydrogens is 208 g/mol. The molecule has 1 aliphatic rings. The van der Waals surface area contributed by atoms with Crippen molar-refractivity contribution in [2.24, 2.45) is 17.8 Å². The molecule has 1 saturated carbocycles. The molecule has 3 unspecified atom stereocenters. The van der Waals surface area contributed by atoms with E-state index < -0.39 is 0 Å². The first-order valence-corrected chi connectivity index (χ1v) is 5.95. The lowest BCUT2D eigenvalue weighted by Gasteiger charge is -2.19.